The molecular formula is C20H20FN3O3. The minimum atomic E-state index is -0.596. The molecule has 3 rings (SSSR count). The van der Waals surface area contributed by atoms with E-state index < -0.39 is 6.04 Å². The Morgan fingerprint density at radius 2 is 1.93 bits per heavy atom. The van der Waals surface area contributed by atoms with Crippen molar-refractivity contribution < 1.29 is 18.8 Å². The summed E-state index contributed by atoms with van der Waals surface area (Å²) in [4.78, 5) is 37.1. The molecule has 0 saturated carbocycles. The average Bonchev–Trinajstić information content (AvgIpc) is 2.89. The van der Waals surface area contributed by atoms with Gasteiger partial charge in [-0.1, -0.05) is 12.1 Å². The van der Waals surface area contributed by atoms with Crippen LogP contribution in [-0.4, -0.2) is 30.3 Å². The van der Waals surface area contributed by atoms with E-state index in [1.54, 1.807) is 30.3 Å². The Hall–Kier alpha value is -3.06. The molecule has 0 spiro atoms. The first-order valence-electron chi connectivity index (χ1n) is 8.66. The molecule has 0 radical (unpaired) electrons. The zero-order valence-corrected chi connectivity index (χ0v) is 14.9. The van der Waals surface area contributed by atoms with Crippen LogP contribution < -0.4 is 15.5 Å². The molecule has 0 unspecified atom stereocenters. The summed E-state index contributed by atoms with van der Waals surface area (Å²) in [7, 11) is 0. The first kappa shape index (κ1) is 18.7. The van der Waals surface area contributed by atoms with Crippen molar-refractivity contribution in [3.63, 3.8) is 0 Å². The fraction of sp³-hybridized carbons (Fsp3) is 0.250. The molecule has 0 aliphatic carbocycles. The fourth-order valence-corrected chi connectivity index (χ4v) is 3.04. The van der Waals surface area contributed by atoms with Gasteiger partial charge in [0.2, 0.25) is 11.8 Å². The van der Waals surface area contributed by atoms with Gasteiger partial charge in [-0.05, 0) is 54.9 Å². The van der Waals surface area contributed by atoms with E-state index in [2.05, 4.69) is 10.6 Å². The van der Waals surface area contributed by atoms with Crippen LogP contribution in [0.1, 0.15) is 18.9 Å². The number of anilines is 2. The monoisotopic (exact) mass is 369 g/mol. The van der Waals surface area contributed by atoms with Crippen molar-refractivity contribution in [3.05, 3.63) is 59.9 Å². The van der Waals surface area contributed by atoms with Gasteiger partial charge in [-0.15, -0.1) is 0 Å². The first-order valence-corrected chi connectivity index (χ1v) is 8.66. The number of benzene rings is 2. The minimum absolute atomic E-state index is 0.0788. The van der Waals surface area contributed by atoms with E-state index in [0.717, 1.165) is 10.5 Å². The lowest BCUT2D eigenvalue weighted by Gasteiger charge is -2.16. The van der Waals surface area contributed by atoms with Crippen LogP contribution in [0.3, 0.4) is 0 Å². The van der Waals surface area contributed by atoms with Crippen molar-refractivity contribution in [1.29, 1.82) is 0 Å². The molecule has 0 aromatic heterocycles. The fourth-order valence-electron chi connectivity index (χ4n) is 3.04. The number of carbonyl (C=O) groups is 3. The van der Waals surface area contributed by atoms with E-state index in [1.165, 1.54) is 19.1 Å². The van der Waals surface area contributed by atoms with Crippen molar-refractivity contribution in [2.45, 2.75) is 25.8 Å². The first-order chi connectivity index (χ1) is 12.9. The summed E-state index contributed by atoms with van der Waals surface area (Å²) >= 11 is 0. The molecule has 1 aliphatic heterocycles. The molecule has 140 valence electrons. The molecule has 1 fully saturated rings. The molecule has 1 heterocycles. The Morgan fingerprint density at radius 1 is 1.19 bits per heavy atom. The van der Waals surface area contributed by atoms with Crippen LogP contribution in [-0.2, 0) is 20.8 Å². The van der Waals surface area contributed by atoms with Gasteiger partial charge >= 0.3 is 0 Å². The molecule has 0 bridgehead atoms. The Balaban J connectivity index is 1.60. The number of amides is 3. The van der Waals surface area contributed by atoms with Crippen LogP contribution >= 0.6 is 0 Å². The summed E-state index contributed by atoms with van der Waals surface area (Å²) in [5.41, 5.74) is 1.88. The molecule has 3 amide bonds. The lowest BCUT2D eigenvalue weighted by atomic mass is 10.1. The molecule has 27 heavy (non-hydrogen) atoms. The van der Waals surface area contributed by atoms with Crippen molar-refractivity contribution in [2.24, 2.45) is 0 Å². The molecule has 2 aromatic carbocycles. The highest BCUT2D eigenvalue weighted by molar-refractivity contribution is 6.22. The highest BCUT2D eigenvalue weighted by atomic mass is 19.1. The number of hydrogen-bond donors (Lipinski definition) is 2. The predicted octanol–water partition coefficient (Wildman–Crippen LogP) is 2.25. The SMILES string of the molecule is CC(=O)Nc1ccc(N2C(=O)C[C@H](NCCc3cccc(F)c3)C2=O)cc1. The van der Waals surface area contributed by atoms with E-state index in [0.29, 0.717) is 24.3 Å². The lowest BCUT2D eigenvalue weighted by Crippen LogP contribution is -2.39. The third-order valence-corrected chi connectivity index (χ3v) is 4.29. The average molecular weight is 369 g/mol. The Labute approximate surface area is 156 Å². The van der Waals surface area contributed by atoms with Crippen LogP contribution in [0.25, 0.3) is 0 Å². The molecular weight excluding hydrogens is 349 g/mol. The highest BCUT2D eigenvalue weighted by Crippen LogP contribution is 2.24. The standard InChI is InChI=1S/C20H20FN3O3/c1-13(25)23-16-5-7-17(8-6-16)24-19(26)12-18(20(24)27)22-10-9-14-3-2-4-15(21)11-14/h2-8,11,18,22H,9-10,12H2,1H3,(H,23,25)/t18-/m0/s1. The second-order valence-electron chi connectivity index (χ2n) is 6.39. The summed E-state index contributed by atoms with van der Waals surface area (Å²) in [6.07, 6.45) is 0.635. The van der Waals surface area contributed by atoms with Gasteiger partial charge in [0.25, 0.3) is 5.91 Å². The van der Waals surface area contributed by atoms with Gasteiger partial charge in [-0.25, -0.2) is 9.29 Å². The lowest BCUT2D eigenvalue weighted by molar-refractivity contribution is -0.121. The van der Waals surface area contributed by atoms with E-state index in [1.807, 2.05) is 6.07 Å². The maximum Gasteiger partial charge on any atom is 0.251 e. The second kappa shape index (κ2) is 8.09. The quantitative estimate of drug-likeness (QED) is 0.766. The number of rotatable bonds is 6. The third-order valence-electron chi connectivity index (χ3n) is 4.29. The molecule has 7 heteroatoms. The highest BCUT2D eigenvalue weighted by Gasteiger charge is 2.39. The van der Waals surface area contributed by atoms with Gasteiger partial charge in [-0.2, -0.15) is 0 Å². The topological polar surface area (TPSA) is 78.5 Å². The number of imide groups is 1. The third kappa shape index (κ3) is 4.57. The number of nitrogens with one attached hydrogen (secondary N) is 2. The zero-order chi connectivity index (χ0) is 19.4. The Morgan fingerprint density at radius 3 is 2.59 bits per heavy atom. The number of nitrogens with zero attached hydrogens (tertiary/aromatic N) is 1. The number of hydrogen-bond acceptors (Lipinski definition) is 4. The maximum absolute atomic E-state index is 13.2. The molecule has 1 aliphatic rings. The second-order valence-corrected chi connectivity index (χ2v) is 6.39. The summed E-state index contributed by atoms with van der Waals surface area (Å²) < 4.78 is 13.2. The van der Waals surface area contributed by atoms with Crippen LogP contribution in [0.2, 0.25) is 0 Å². The Kier molecular flexibility index (Phi) is 5.61. The van der Waals surface area contributed by atoms with Crippen LogP contribution in [0.4, 0.5) is 15.8 Å². The van der Waals surface area contributed by atoms with Crippen LogP contribution in [0, 0.1) is 5.82 Å². The summed E-state index contributed by atoms with van der Waals surface area (Å²) in [6, 6.07) is 12.2. The molecule has 2 aromatic rings. The van der Waals surface area contributed by atoms with E-state index in [9.17, 15) is 18.8 Å². The summed E-state index contributed by atoms with van der Waals surface area (Å²) in [5.74, 6) is -1.09. The summed E-state index contributed by atoms with van der Waals surface area (Å²) in [5, 5.41) is 5.71. The van der Waals surface area contributed by atoms with Gasteiger partial charge in [-0.3, -0.25) is 14.4 Å². The molecule has 2 N–H and O–H groups in total. The zero-order valence-electron chi connectivity index (χ0n) is 14.9. The van der Waals surface area contributed by atoms with Gasteiger partial charge in [0.05, 0.1) is 18.2 Å². The largest absolute Gasteiger partial charge is 0.326 e. The van der Waals surface area contributed by atoms with Gasteiger partial charge in [0, 0.05) is 12.6 Å². The van der Waals surface area contributed by atoms with E-state index >= 15 is 0 Å². The van der Waals surface area contributed by atoms with Crippen molar-refractivity contribution in [2.75, 3.05) is 16.8 Å². The van der Waals surface area contributed by atoms with Gasteiger partial charge < -0.3 is 10.6 Å². The van der Waals surface area contributed by atoms with Gasteiger partial charge in [0.1, 0.15) is 5.82 Å². The number of halogens is 1. The van der Waals surface area contributed by atoms with Gasteiger partial charge in [0.15, 0.2) is 0 Å². The predicted molar refractivity (Wildman–Crippen MR) is 99.8 cm³/mol. The van der Waals surface area contributed by atoms with Crippen molar-refractivity contribution >= 4 is 29.1 Å². The summed E-state index contributed by atoms with van der Waals surface area (Å²) in [6.45, 7) is 1.87. The van der Waals surface area contributed by atoms with Crippen LogP contribution in [0.5, 0.6) is 0 Å². The number of carbonyl (C=O) groups excluding carboxylic acids is 3. The van der Waals surface area contributed by atoms with Crippen molar-refractivity contribution in [1.82, 2.24) is 5.32 Å². The molecule has 1 saturated heterocycles. The normalized spacial score (nSPS) is 16.7. The van der Waals surface area contributed by atoms with Crippen molar-refractivity contribution in [3.8, 4) is 0 Å². The van der Waals surface area contributed by atoms with E-state index in [4.69, 9.17) is 0 Å². The molecule has 1 atom stereocenters. The van der Waals surface area contributed by atoms with Crippen LogP contribution in [0.15, 0.2) is 48.5 Å². The molecule has 6 nitrogen and oxygen atoms in total. The Bertz CT molecular complexity index is 867. The smallest absolute Gasteiger partial charge is 0.251 e. The minimum Gasteiger partial charge on any atom is -0.326 e. The van der Waals surface area contributed by atoms with E-state index in [-0.39, 0.29) is 30.0 Å². The maximum atomic E-state index is 13.2.